The average molecular weight is 248 g/mol. The number of hydrogen-bond acceptors (Lipinski definition) is 5. The van der Waals surface area contributed by atoms with Gasteiger partial charge in [-0.05, 0) is 19.1 Å². The first-order valence-electron chi connectivity index (χ1n) is 4.68. The van der Waals surface area contributed by atoms with Crippen LogP contribution >= 0.6 is 0 Å². The average Bonchev–Trinajstić information content (AvgIpc) is 2.78. The van der Waals surface area contributed by atoms with E-state index in [-0.39, 0.29) is 10.7 Å². The van der Waals surface area contributed by atoms with E-state index in [4.69, 9.17) is 5.26 Å². The lowest BCUT2D eigenvalue weighted by Crippen LogP contribution is -2.14. The molecule has 0 amide bonds. The summed E-state index contributed by atoms with van der Waals surface area (Å²) in [7, 11) is -3.79. The summed E-state index contributed by atoms with van der Waals surface area (Å²) in [6, 6.07) is 8.00. The van der Waals surface area contributed by atoms with Crippen molar-refractivity contribution >= 4 is 10.0 Å². The highest BCUT2D eigenvalue weighted by atomic mass is 32.2. The molecule has 0 fully saturated rings. The van der Waals surface area contributed by atoms with Crippen LogP contribution in [0.25, 0.3) is 0 Å². The van der Waals surface area contributed by atoms with Gasteiger partial charge in [-0.15, -0.1) is 10.2 Å². The lowest BCUT2D eigenvalue weighted by molar-refractivity contribution is 0.586. The molecule has 0 radical (unpaired) electrons. The number of benzene rings is 1. The standard InChI is InChI=1S/C10H8N4O2S/c1-8-2-4-9(5-3-8)17(15,16)14-7-12-13-10(14)6-11/h2-5,7H,1H3. The fourth-order valence-electron chi connectivity index (χ4n) is 1.30. The molecule has 2 rings (SSSR count). The third kappa shape index (κ3) is 1.90. The molecular weight excluding hydrogens is 240 g/mol. The van der Waals surface area contributed by atoms with Gasteiger partial charge < -0.3 is 0 Å². The topological polar surface area (TPSA) is 88.6 Å². The van der Waals surface area contributed by atoms with Crippen LogP contribution in [0.1, 0.15) is 11.4 Å². The first-order chi connectivity index (χ1) is 8.05. The molecule has 0 aliphatic heterocycles. The molecule has 0 spiro atoms. The highest BCUT2D eigenvalue weighted by Gasteiger charge is 2.20. The summed E-state index contributed by atoms with van der Waals surface area (Å²) in [6.07, 6.45) is 1.01. The van der Waals surface area contributed by atoms with Gasteiger partial charge in [0.25, 0.3) is 10.0 Å². The van der Waals surface area contributed by atoms with Crippen molar-refractivity contribution in [3.05, 3.63) is 42.0 Å². The number of nitrogens with zero attached hydrogens (tertiary/aromatic N) is 4. The Morgan fingerprint density at radius 3 is 2.53 bits per heavy atom. The predicted molar refractivity (Wildman–Crippen MR) is 58.5 cm³/mol. The zero-order chi connectivity index (χ0) is 12.5. The Bertz CT molecular complexity index is 680. The SMILES string of the molecule is Cc1ccc(S(=O)(=O)n2cnnc2C#N)cc1. The maximum Gasteiger partial charge on any atom is 0.271 e. The first-order valence-corrected chi connectivity index (χ1v) is 6.12. The molecule has 0 atom stereocenters. The van der Waals surface area contributed by atoms with Crippen LogP contribution in [-0.4, -0.2) is 22.6 Å². The molecule has 2 aromatic rings. The summed E-state index contributed by atoms with van der Waals surface area (Å²) in [5, 5.41) is 15.6. The second-order valence-corrected chi connectivity index (χ2v) is 5.20. The van der Waals surface area contributed by atoms with E-state index in [1.54, 1.807) is 18.2 Å². The van der Waals surface area contributed by atoms with Gasteiger partial charge in [0.2, 0.25) is 5.82 Å². The van der Waals surface area contributed by atoms with Crippen LogP contribution in [0.3, 0.4) is 0 Å². The molecule has 0 N–H and O–H groups in total. The molecule has 6 nitrogen and oxygen atoms in total. The van der Waals surface area contributed by atoms with E-state index in [0.717, 1.165) is 15.9 Å². The molecule has 0 unspecified atom stereocenters. The molecule has 0 aliphatic rings. The molecule has 0 bridgehead atoms. The van der Waals surface area contributed by atoms with Gasteiger partial charge >= 0.3 is 0 Å². The maximum atomic E-state index is 12.1. The van der Waals surface area contributed by atoms with Crippen molar-refractivity contribution in [1.29, 1.82) is 5.26 Å². The van der Waals surface area contributed by atoms with Crippen molar-refractivity contribution in [1.82, 2.24) is 14.2 Å². The van der Waals surface area contributed by atoms with Gasteiger partial charge in [0.05, 0.1) is 4.90 Å². The second-order valence-electron chi connectivity index (χ2n) is 3.38. The van der Waals surface area contributed by atoms with E-state index in [2.05, 4.69) is 10.2 Å². The summed E-state index contributed by atoms with van der Waals surface area (Å²) < 4.78 is 25.0. The van der Waals surface area contributed by atoms with Crippen molar-refractivity contribution in [3.63, 3.8) is 0 Å². The molecule has 1 heterocycles. The van der Waals surface area contributed by atoms with Gasteiger partial charge in [-0.25, -0.2) is 8.42 Å². The van der Waals surface area contributed by atoms with E-state index in [1.165, 1.54) is 12.1 Å². The van der Waals surface area contributed by atoms with Crippen LogP contribution in [0.2, 0.25) is 0 Å². The largest absolute Gasteiger partial charge is 0.271 e. The van der Waals surface area contributed by atoms with E-state index in [9.17, 15) is 8.42 Å². The molecule has 0 saturated heterocycles. The third-order valence-corrected chi connectivity index (χ3v) is 3.85. The van der Waals surface area contributed by atoms with E-state index in [0.29, 0.717) is 0 Å². The summed E-state index contributed by atoms with van der Waals surface area (Å²) in [5.41, 5.74) is 0.952. The molecule has 0 aliphatic carbocycles. The van der Waals surface area contributed by atoms with Gasteiger partial charge in [0, 0.05) is 0 Å². The van der Waals surface area contributed by atoms with Crippen LogP contribution in [0.4, 0.5) is 0 Å². The lowest BCUT2D eigenvalue weighted by Gasteiger charge is -2.05. The van der Waals surface area contributed by atoms with E-state index in [1.807, 2.05) is 6.92 Å². The normalized spacial score (nSPS) is 11.1. The third-order valence-electron chi connectivity index (χ3n) is 2.20. The molecule has 1 aromatic heterocycles. The predicted octanol–water partition coefficient (Wildman–Crippen LogP) is 0.695. The summed E-state index contributed by atoms with van der Waals surface area (Å²) in [5.74, 6) is -0.259. The zero-order valence-electron chi connectivity index (χ0n) is 8.90. The fraction of sp³-hybridized carbons (Fsp3) is 0.100. The highest BCUT2D eigenvalue weighted by molar-refractivity contribution is 7.90. The number of aryl methyl sites for hydroxylation is 1. The molecule has 0 saturated carbocycles. The van der Waals surface area contributed by atoms with Crippen molar-refractivity contribution < 1.29 is 8.42 Å². The maximum absolute atomic E-state index is 12.1. The van der Waals surface area contributed by atoms with Gasteiger partial charge in [-0.1, -0.05) is 17.7 Å². The number of aromatic nitrogens is 3. The number of nitriles is 1. The quantitative estimate of drug-likeness (QED) is 0.780. The first kappa shape index (κ1) is 11.3. The van der Waals surface area contributed by atoms with Crippen molar-refractivity contribution in [3.8, 4) is 6.07 Å². The Kier molecular flexibility index (Phi) is 2.65. The number of rotatable bonds is 2. The minimum absolute atomic E-state index is 0.0967. The Balaban J connectivity index is 2.59. The molecule has 7 heteroatoms. The highest BCUT2D eigenvalue weighted by Crippen LogP contribution is 2.14. The summed E-state index contributed by atoms with van der Waals surface area (Å²) >= 11 is 0. The zero-order valence-corrected chi connectivity index (χ0v) is 9.72. The van der Waals surface area contributed by atoms with Crippen LogP contribution in [0, 0.1) is 18.3 Å². The molecular formula is C10H8N4O2S. The Morgan fingerprint density at radius 2 is 1.94 bits per heavy atom. The van der Waals surface area contributed by atoms with Crippen LogP contribution in [0.5, 0.6) is 0 Å². The van der Waals surface area contributed by atoms with Crippen molar-refractivity contribution in [2.75, 3.05) is 0 Å². The van der Waals surface area contributed by atoms with Crippen LogP contribution < -0.4 is 0 Å². The lowest BCUT2D eigenvalue weighted by atomic mass is 10.2. The summed E-state index contributed by atoms with van der Waals surface area (Å²) in [4.78, 5) is 0.0967. The number of hydrogen-bond donors (Lipinski definition) is 0. The van der Waals surface area contributed by atoms with Crippen molar-refractivity contribution in [2.45, 2.75) is 11.8 Å². The minimum atomic E-state index is -3.79. The van der Waals surface area contributed by atoms with Gasteiger partial charge in [0.1, 0.15) is 12.4 Å². The van der Waals surface area contributed by atoms with Crippen LogP contribution in [0.15, 0.2) is 35.5 Å². The van der Waals surface area contributed by atoms with E-state index < -0.39 is 10.0 Å². The smallest absolute Gasteiger partial charge is 0.201 e. The summed E-state index contributed by atoms with van der Waals surface area (Å²) in [6.45, 7) is 1.86. The van der Waals surface area contributed by atoms with Crippen molar-refractivity contribution in [2.24, 2.45) is 0 Å². The van der Waals surface area contributed by atoms with E-state index >= 15 is 0 Å². The molecule has 17 heavy (non-hydrogen) atoms. The monoisotopic (exact) mass is 248 g/mol. The molecule has 1 aromatic carbocycles. The second kappa shape index (κ2) is 3.99. The Labute approximate surface area is 98.2 Å². The van der Waals surface area contributed by atoms with Gasteiger partial charge in [-0.2, -0.15) is 9.23 Å². The van der Waals surface area contributed by atoms with Gasteiger partial charge in [-0.3, -0.25) is 0 Å². The Morgan fingerprint density at radius 1 is 1.29 bits per heavy atom. The Hall–Kier alpha value is -2.20. The minimum Gasteiger partial charge on any atom is -0.201 e. The van der Waals surface area contributed by atoms with Gasteiger partial charge in [0.15, 0.2) is 0 Å². The van der Waals surface area contributed by atoms with Crippen LogP contribution in [-0.2, 0) is 10.0 Å². The molecule has 86 valence electrons. The fourth-order valence-corrected chi connectivity index (χ4v) is 2.48.